The highest BCUT2D eigenvalue weighted by atomic mass is 16.5. The highest BCUT2D eigenvalue weighted by Gasteiger charge is 2.27. The van der Waals surface area contributed by atoms with E-state index < -0.39 is 0 Å². The second-order valence-electron chi connectivity index (χ2n) is 4.67. The zero-order chi connectivity index (χ0) is 13.0. The van der Waals surface area contributed by atoms with Crippen LogP contribution in [0, 0.1) is 0 Å². The van der Waals surface area contributed by atoms with Gasteiger partial charge in [0.1, 0.15) is 0 Å². The van der Waals surface area contributed by atoms with Crippen molar-refractivity contribution in [1.82, 2.24) is 20.4 Å². The average Bonchev–Trinajstić information content (AvgIpc) is 2.76. The van der Waals surface area contributed by atoms with Gasteiger partial charge in [-0.15, -0.1) is 0 Å². The third-order valence-electron chi connectivity index (χ3n) is 3.08. The fourth-order valence-electron chi connectivity index (χ4n) is 2.17. The van der Waals surface area contributed by atoms with Gasteiger partial charge in [-0.25, -0.2) is 4.79 Å². The molecular formula is C11H20N4O3. The molecule has 2 aliphatic rings. The van der Waals surface area contributed by atoms with Crippen molar-refractivity contribution in [1.29, 1.82) is 0 Å². The van der Waals surface area contributed by atoms with Gasteiger partial charge >= 0.3 is 6.03 Å². The fourth-order valence-corrected chi connectivity index (χ4v) is 2.17. The monoisotopic (exact) mass is 256 g/mol. The van der Waals surface area contributed by atoms with Crippen LogP contribution in [0.15, 0.2) is 0 Å². The summed E-state index contributed by atoms with van der Waals surface area (Å²) in [7, 11) is 1.86. The minimum absolute atomic E-state index is 0.115. The van der Waals surface area contributed by atoms with E-state index in [2.05, 4.69) is 10.6 Å². The number of imide groups is 1. The number of carbonyl (C=O) groups is 2. The van der Waals surface area contributed by atoms with Gasteiger partial charge < -0.3 is 15.4 Å². The molecule has 0 aromatic carbocycles. The minimum atomic E-state index is -0.288. The Bertz CT molecular complexity index is 317. The highest BCUT2D eigenvalue weighted by Crippen LogP contribution is 2.02. The molecular weight excluding hydrogens is 236 g/mol. The molecule has 2 N–H and O–H groups in total. The molecule has 1 unspecified atom stereocenters. The van der Waals surface area contributed by atoms with Crippen molar-refractivity contribution in [2.75, 3.05) is 52.9 Å². The Balaban J connectivity index is 1.74. The fraction of sp³-hybridized carbons (Fsp3) is 0.818. The van der Waals surface area contributed by atoms with E-state index in [0.29, 0.717) is 26.2 Å². The van der Waals surface area contributed by atoms with Crippen LogP contribution in [-0.2, 0) is 9.53 Å². The topological polar surface area (TPSA) is 73.9 Å². The molecule has 7 nitrogen and oxygen atoms in total. The molecule has 0 aromatic rings. The van der Waals surface area contributed by atoms with Gasteiger partial charge in [-0.2, -0.15) is 0 Å². The van der Waals surface area contributed by atoms with Crippen LogP contribution in [0.2, 0.25) is 0 Å². The summed E-state index contributed by atoms with van der Waals surface area (Å²) in [6.07, 6.45) is 0.115. The Morgan fingerprint density at radius 1 is 1.56 bits per heavy atom. The molecule has 7 heteroatoms. The molecule has 2 rings (SSSR count). The van der Waals surface area contributed by atoms with Crippen molar-refractivity contribution >= 4 is 11.9 Å². The second kappa shape index (κ2) is 6.12. The van der Waals surface area contributed by atoms with E-state index in [1.54, 1.807) is 0 Å². The van der Waals surface area contributed by atoms with Gasteiger partial charge in [0.05, 0.1) is 19.3 Å². The molecule has 18 heavy (non-hydrogen) atoms. The smallest absolute Gasteiger partial charge is 0.324 e. The van der Waals surface area contributed by atoms with Crippen LogP contribution >= 0.6 is 0 Å². The Hall–Kier alpha value is -1.18. The van der Waals surface area contributed by atoms with Crippen LogP contribution in [-0.4, -0.2) is 80.8 Å². The summed E-state index contributed by atoms with van der Waals surface area (Å²) in [5.41, 5.74) is 0. The number of amides is 3. The number of rotatable bonds is 4. The molecule has 3 amide bonds. The minimum Gasteiger partial charge on any atom is -0.374 e. The van der Waals surface area contributed by atoms with E-state index in [1.807, 2.05) is 11.9 Å². The van der Waals surface area contributed by atoms with Gasteiger partial charge in [0, 0.05) is 32.7 Å². The molecule has 0 aliphatic carbocycles. The van der Waals surface area contributed by atoms with E-state index in [9.17, 15) is 9.59 Å². The number of ether oxygens (including phenoxy) is 1. The Morgan fingerprint density at radius 2 is 2.39 bits per heavy atom. The summed E-state index contributed by atoms with van der Waals surface area (Å²) >= 11 is 0. The van der Waals surface area contributed by atoms with Crippen LogP contribution in [0.1, 0.15) is 0 Å². The Morgan fingerprint density at radius 3 is 3.00 bits per heavy atom. The summed E-state index contributed by atoms with van der Waals surface area (Å²) in [6, 6.07) is -0.288. The van der Waals surface area contributed by atoms with Crippen molar-refractivity contribution in [3.8, 4) is 0 Å². The normalized spacial score (nSPS) is 24.4. The first-order chi connectivity index (χ1) is 8.66. The molecule has 0 radical (unpaired) electrons. The van der Waals surface area contributed by atoms with Crippen molar-refractivity contribution < 1.29 is 14.3 Å². The molecule has 102 valence electrons. The van der Waals surface area contributed by atoms with Crippen LogP contribution in [0.3, 0.4) is 0 Å². The number of morpholine rings is 1. The molecule has 1 atom stereocenters. The number of hydrogen-bond acceptors (Lipinski definition) is 5. The average molecular weight is 256 g/mol. The van der Waals surface area contributed by atoms with E-state index in [-0.39, 0.29) is 24.6 Å². The molecule has 0 aromatic heterocycles. The molecule has 0 bridgehead atoms. The van der Waals surface area contributed by atoms with Crippen molar-refractivity contribution in [3.05, 3.63) is 0 Å². The summed E-state index contributed by atoms with van der Waals surface area (Å²) in [6.45, 7) is 4.34. The standard InChI is InChI=1S/C11H20N4O3/c1-14(7-9-6-12-3-5-18-9)8-10(16)15-4-2-13-11(15)17/h9,12H,2-8H2,1H3,(H,13,17). The lowest BCUT2D eigenvalue weighted by atomic mass is 10.3. The van der Waals surface area contributed by atoms with Gasteiger partial charge in [0.25, 0.3) is 0 Å². The second-order valence-corrected chi connectivity index (χ2v) is 4.67. The van der Waals surface area contributed by atoms with Gasteiger partial charge in [-0.05, 0) is 7.05 Å². The SMILES string of the molecule is CN(CC(=O)N1CCNC1=O)CC1CNCCO1. The predicted octanol–water partition coefficient (Wildman–Crippen LogP) is -1.54. The van der Waals surface area contributed by atoms with E-state index >= 15 is 0 Å². The van der Waals surface area contributed by atoms with E-state index in [4.69, 9.17) is 4.74 Å². The maximum absolute atomic E-state index is 11.9. The number of nitrogens with zero attached hydrogens (tertiary/aromatic N) is 2. The summed E-state index contributed by atoms with van der Waals surface area (Å²) in [5, 5.41) is 5.86. The third-order valence-corrected chi connectivity index (χ3v) is 3.08. The first kappa shape index (κ1) is 13.3. The summed E-state index contributed by atoms with van der Waals surface area (Å²) in [5.74, 6) is -0.156. The van der Waals surface area contributed by atoms with Crippen LogP contribution in [0.4, 0.5) is 4.79 Å². The van der Waals surface area contributed by atoms with Crippen LogP contribution in [0.25, 0.3) is 0 Å². The largest absolute Gasteiger partial charge is 0.374 e. The van der Waals surface area contributed by atoms with Crippen LogP contribution in [0.5, 0.6) is 0 Å². The summed E-state index contributed by atoms with van der Waals surface area (Å²) < 4.78 is 5.57. The lowest BCUT2D eigenvalue weighted by Crippen LogP contribution is -2.47. The predicted molar refractivity (Wildman–Crippen MR) is 65.2 cm³/mol. The van der Waals surface area contributed by atoms with Crippen molar-refractivity contribution in [2.24, 2.45) is 0 Å². The third kappa shape index (κ3) is 3.41. The first-order valence-corrected chi connectivity index (χ1v) is 6.26. The van der Waals surface area contributed by atoms with Gasteiger partial charge in [-0.1, -0.05) is 0 Å². The maximum Gasteiger partial charge on any atom is 0.324 e. The highest BCUT2D eigenvalue weighted by molar-refractivity contribution is 5.96. The number of carbonyl (C=O) groups excluding carboxylic acids is 2. The molecule has 0 saturated carbocycles. The van der Waals surface area contributed by atoms with Crippen molar-refractivity contribution in [2.45, 2.75) is 6.10 Å². The molecule has 2 heterocycles. The van der Waals surface area contributed by atoms with E-state index in [1.165, 1.54) is 4.90 Å². The molecule has 2 fully saturated rings. The molecule has 2 saturated heterocycles. The maximum atomic E-state index is 11.9. The number of likely N-dealkylation sites (N-methyl/N-ethyl adjacent to an activating group) is 1. The lowest BCUT2D eigenvalue weighted by Gasteiger charge is -2.28. The van der Waals surface area contributed by atoms with Crippen molar-refractivity contribution in [3.63, 3.8) is 0 Å². The number of hydrogen-bond donors (Lipinski definition) is 2. The first-order valence-electron chi connectivity index (χ1n) is 6.26. The molecule has 0 spiro atoms. The summed E-state index contributed by atoms with van der Waals surface area (Å²) in [4.78, 5) is 26.4. The lowest BCUT2D eigenvalue weighted by molar-refractivity contribution is -0.128. The number of nitrogens with one attached hydrogen (secondary N) is 2. The Kier molecular flexibility index (Phi) is 4.51. The van der Waals surface area contributed by atoms with Gasteiger partial charge in [0.2, 0.25) is 5.91 Å². The molecule has 2 aliphatic heterocycles. The van der Waals surface area contributed by atoms with Gasteiger partial charge in [0.15, 0.2) is 0 Å². The Labute approximate surface area is 106 Å². The van der Waals surface area contributed by atoms with E-state index in [0.717, 1.165) is 13.1 Å². The zero-order valence-electron chi connectivity index (χ0n) is 10.6. The zero-order valence-corrected chi connectivity index (χ0v) is 10.6. The number of urea groups is 1. The quantitative estimate of drug-likeness (QED) is 0.637. The van der Waals surface area contributed by atoms with Crippen LogP contribution < -0.4 is 10.6 Å². The van der Waals surface area contributed by atoms with Gasteiger partial charge in [-0.3, -0.25) is 14.6 Å².